The van der Waals surface area contributed by atoms with Crippen molar-refractivity contribution >= 4 is 47.9 Å². The maximum Gasteiger partial charge on any atom is 1.00 e. The van der Waals surface area contributed by atoms with Gasteiger partial charge in [0, 0.05) is 13.1 Å². The topological polar surface area (TPSA) is 351 Å². The molecule has 0 saturated heterocycles. The van der Waals surface area contributed by atoms with Crippen LogP contribution in [0.4, 0.5) is 4.79 Å². The Morgan fingerprint density at radius 1 is 0.513 bits per heavy atom. The van der Waals surface area contributed by atoms with Gasteiger partial charge in [-0.3, -0.25) is 38.6 Å². The number of aliphatic carboxylic acids is 7. The van der Waals surface area contributed by atoms with Gasteiger partial charge in [-0.05, 0) is 6.16 Å². The number of carbonyl (C=O) groups is 8. The normalized spacial score (nSPS) is 9.72. The van der Waals surface area contributed by atoms with Gasteiger partial charge in [0.05, 0.1) is 39.0 Å². The summed E-state index contributed by atoms with van der Waals surface area (Å²) in [5, 5.41) is 84.9. The molecule has 212 valence electrons. The van der Waals surface area contributed by atoms with Crippen LogP contribution in [-0.4, -0.2) is 143 Å². The van der Waals surface area contributed by atoms with Crippen molar-refractivity contribution < 1.29 is 149 Å². The predicted octanol–water partition coefficient (Wildman–Crippen LogP) is -11.8. The minimum Gasteiger partial charge on any atom is -0.652 e. The summed E-state index contributed by atoms with van der Waals surface area (Å²) in [7, 11) is 0. The molecule has 0 heterocycles. The van der Waals surface area contributed by atoms with Crippen molar-refractivity contribution in [2.24, 2.45) is 0 Å². The number of nitrogens with zero attached hydrogens (tertiary/aromatic N) is 2. The van der Waals surface area contributed by atoms with E-state index in [4.69, 9.17) is 55.9 Å². The average molecular weight is 590 g/mol. The Labute approximate surface area is 262 Å². The molecule has 0 bridgehead atoms. The monoisotopic (exact) mass is 590 g/mol. The van der Waals surface area contributed by atoms with E-state index < -0.39 is 92.6 Å². The number of aliphatic hydroxyl groups is 1. The fourth-order valence-electron chi connectivity index (χ4n) is 2.19. The molecule has 0 spiro atoms. The first-order valence-corrected chi connectivity index (χ1v) is 9.31. The Morgan fingerprint density at radius 2 is 0.718 bits per heavy atom. The Morgan fingerprint density at radius 3 is 0.846 bits per heavy atom. The number of hydrogen-bond donors (Lipinski definition) is 8. The van der Waals surface area contributed by atoms with E-state index in [1.54, 1.807) is 0 Å². The van der Waals surface area contributed by atoms with E-state index in [9.17, 15) is 33.6 Å². The zero-order valence-electron chi connectivity index (χ0n) is 20.7. The summed E-state index contributed by atoms with van der Waals surface area (Å²) in [5.41, 5.74) is -2.74. The van der Waals surface area contributed by atoms with Crippen LogP contribution in [0.25, 0.3) is 0 Å². The first kappa shape index (κ1) is 46.3. The summed E-state index contributed by atoms with van der Waals surface area (Å²) >= 11 is 0. The van der Waals surface area contributed by atoms with Gasteiger partial charge >= 0.3 is 101 Å². The Kier molecular flexibility index (Phi) is 29.1. The third-order valence-electron chi connectivity index (χ3n) is 3.45. The van der Waals surface area contributed by atoms with Crippen LogP contribution in [-0.2, 0) is 33.6 Å². The maximum absolute atomic E-state index is 10.6. The molecule has 0 radical (unpaired) electrons. The van der Waals surface area contributed by atoms with Crippen LogP contribution < -0.4 is 69.3 Å². The molecule has 20 nitrogen and oxygen atoms in total. The van der Waals surface area contributed by atoms with Gasteiger partial charge < -0.3 is 55.9 Å². The molecule has 0 atom stereocenters. The van der Waals surface area contributed by atoms with Crippen molar-refractivity contribution in [1.82, 2.24) is 9.80 Å². The molecule has 0 aromatic heterocycles. The second-order valence-electron chi connectivity index (χ2n) is 6.72. The molecular weight excluding hydrogens is 566 g/mol. The van der Waals surface area contributed by atoms with Crippen molar-refractivity contribution in [3.63, 3.8) is 0 Å². The van der Waals surface area contributed by atoms with Gasteiger partial charge in [0.1, 0.15) is 0 Å². The summed E-state index contributed by atoms with van der Waals surface area (Å²) in [6.45, 7) is -2.25. The molecule has 22 heteroatoms. The summed E-state index contributed by atoms with van der Waals surface area (Å²) in [6, 6.07) is 0. The van der Waals surface area contributed by atoms with E-state index in [0.717, 1.165) is 9.80 Å². The summed E-state index contributed by atoms with van der Waals surface area (Å²) in [6.07, 6.45) is -4.62. The van der Waals surface area contributed by atoms with Gasteiger partial charge in [-0.2, -0.15) is 0 Å². The molecule has 0 unspecified atom stereocenters. The largest absolute Gasteiger partial charge is 1.00 e. The first-order valence-electron chi connectivity index (χ1n) is 9.31. The van der Waals surface area contributed by atoms with Gasteiger partial charge in [0.25, 0.3) is 0 Å². The van der Waals surface area contributed by atoms with E-state index in [0.29, 0.717) is 0 Å². The Balaban J connectivity index is -0.000000175. The Hall–Kier alpha value is -2.56. The third kappa shape index (κ3) is 33.4. The molecular formula is C17H24N2Na2O18. The van der Waals surface area contributed by atoms with E-state index in [2.05, 4.69) is 0 Å². The van der Waals surface area contributed by atoms with Gasteiger partial charge in [-0.15, -0.1) is 0 Å². The number of hydrogen-bond acceptors (Lipinski definition) is 13. The smallest absolute Gasteiger partial charge is 0.652 e. The van der Waals surface area contributed by atoms with Crippen molar-refractivity contribution in [1.29, 1.82) is 0 Å². The predicted molar refractivity (Wildman–Crippen MR) is 106 cm³/mol. The molecule has 0 aromatic rings. The molecule has 0 amide bonds. The molecule has 0 rings (SSSR count). The van der Waals surface area contributed by atoms with Crippen LogP contribution in [0, 0.1) is 0 Å². The summed E-state index contributed by atoms with van der Waals surface area (Å²) in [4.78, 5) is 83.2. The van der Waals surface area contributed by atoms with Crippen LogP contribution in [0.3, 0.4) is 0 Å². The second-order valence-corrected chi connectivity index (χ2v) is 6.72. The fourth-order valence-corrected chi connectivity index (χ4v) is 2.19. The standard InChI is InChI=1S/C10H16N2O8.C6H8O7.CH2O3.2Na/c13-7(14)3-11(4-8(15)16)1-2-12(5-9(17)18)6-10(19)20;7-3(8)1-6(13,5(11)12)2-4(9)10;2-1(3)4;;/h1-6H2,(H,13,14)(H,15,16)(H,17,18)(H,19,20);13H,1-2H2,(H,7,8)(H,9,10)(H,11,12);(H2,2,3,4);;/q;;;2*+1/p-2. The first-order chi connectivity index (χ1) is 16.7. The van der Waals surface area contributed by atoms with Crippen LogP contribution in [0.5, 0.6) is 0 Å². The van der Waals surface area contributed by atoms with Crippen LogP contribution in [0.1, 0.15) is 12.8 Å². The number of carboxylic acids is 7. The van der Waals surface area contributed by atoms with E-state index in [-0.39, 0.29) is 72.2 Å². The van der Waals surface area contributed by atoms with Crippen molar-refractivity contribution in [3.05, 3.63) is 0 Å². The molecule has 0 aromatic carbocycles. The van der Waals surface area contributed by atoms with Crippen LogP contribution in [0.15, 0.2) is 0 Å². The summed E-state index contributed by atoms with van der Waals surface area (Å²) < 4.78 is 0. The summed E-state index contributed by atoms with van der Waals surface area (Å²) in [5.74, 6) is -9.93. The molecule has 39 heavy (non-hydrogen) atoms. The van der Waals surface area contributed by atoms with Gasteiger partial charge in [-0.1, -0.05) is 0 Å². The van der Waals surface area contributed by atoms with E-state index >= 15 is 0 Å². The van der Waals surface area contributed by atoms with Gasteiger partial charge in [0.2, 0.25) is 0 Å². The van der Waals surface area contributed by atoms with Crippen molar-refractivity contribution in [3.8, 4) is 0 Å². The minimum absolute atomic E-state index is 0. The average Bonchev–Trinajstić information content (AvgIpc) is 2.62. The molecule has 0 saturated carbocycles. The van der Waals surface area contributed by atoms with Crippen LogP contribution >= 0.6 is 0 Å². The van der Waals surface area contributed by atoms with Crippen LogP contribution in [0.2, 0.25) is 0 Å². The second kappa shape index (κ2) is 24.5. The fraction of sp³-hybridized carbons (Fsp3) is 0.529. The van der Waals surface area contributed by atoms with Crippen molar-refractivity contribution in [2.75, 3.05) is 39.3 Å². The Bertz CT molecular complexity index is 763. The van der Waals surface area contributed by atoms with Gasteiger partial charge in [-0.25, -0.2) is 4.79 Å². The zero-order valence-corrected chi connectivity index (χ0v) is 24.7. The molecule has 8 N–H and O–H groups in total. The maximum atomic E-state index is 10.6. The number of rotatable bonds is 16. The quantitative estimate of drug-likeness (QED) is 0.0773. The van der Waals surface area contributed by atoms with Crippen molar-refractivity contribution in [2.45, 2.75) is 18.4 Å². The molecule has 0 aliphatic carbocycles. The molecule has 0 aliphatic heterocycles. The minimum atomic E-state index is -2.74. The molecule has 0 aliphatic rings. The molecule has 0 fully saturated rings. The zero-order chi connectivity index (χ0) is 29.9. The number of carbonyl (C=O) groups excluding carboxylic acids is 1. The van der Waals surface area contributed by atoms with E-state index in [1.165, 1.54) is 0 Å². The number of carboxylic acid groups (broad SMARTS) is 9. The SMILES string of the molecule is O=C(O)CC(O)(CC(=O)O)C(=O)O.O=C(O)CN(CCN(CC(=O)O)CC(=O)O)CC(=O)O.O=C([O-])[O-].[Na+].[Na+]. The third-order valence-corrected chi connectivity index (χ3v) is 3.45. The van der Waals surface area contributed by atoms with Gasteiger partial charge in [0.15, 0.2) is 5.60 Å². The van der Waals surface area contributed by atoms with E-state index in [1.807, 2.05) is 0 Å².